The molecule has 172 valence electrons. The number of hydrogen-bond acceptors (Lipinski definition) is 3. The number of hydrogen-bond donors (Lipinski definition) is 3. The predicted octanol–water partition coefficient (Wildman–Crippen LogP) is 6.09. The topological polar surface area (TPSA) is 60.7 Å². The van der Waals surface area contributed by atoms with E-state index in [0.29, 0.717) is 18.8 Å². The van der Waals surface area contributed by atoms with E-state index in [1.807, 2.05) is 6.08 Å². The first-order chi connectivity index (χ1) is 14.0. The second kappa shape index (κ2) is 10.1. The Morgan fingerprint density at radius 3 is 2.47 bits per heavy atom. The summed E-state index contributed by atoms with van der Waals surface area (Å²) in [6.07, 6.45) is 14.7. The minimum Gasteiger partial charge on any atom is -0.393 e. The molecule has 30 heavy (non-hydrogen) atoms. The number of aliphatic hydroxyl groups excluding tert-OH is 2. The van der Waals surface area contributed by atoms with Gasteiger partial charge in [0.2, 0.25) is 0 Å². The maximum atomic E-state index is 10.6. The van der Waals surface area contributed by atoms with Gasteiger partial charge >= 0.3 is 0 Å². The third-order valence-corrected chi connectivity index (χ3v) is 8.90. The number of allylic oxidation sites excluding steroid dienone is 3. The highest BCUT2D eigenvalue weighted by Gasteiger charge is 2.50. The van der Waals surface area contributed by atoms with Gasteiger partial charge < -0.3 is 15.3 Å². The van der Waals surface area contributed by atoms with Crippen LogP contribution >= 0.6 is 0 Å². The van der Waals surface area contributed by atoms with Gasteiger partial charge in [-0.2, -0.15) is 0 Å². The summed E-state index contributed by atoms with van der Waals surface area (Å²) >= 11 is 0. The fraction of sp³-hybridized carbons (Fsp3) is 0.778. The molecule has 3 heteroatoms. The van der Waals surface area contributed by atoms with Crippen LogP contribution in [0.15, 0.2) is 36.0 Å². The SMILES string of the molecule is C=C1/C(=C\C=C\CC2(C)CC[C@H](CCCC(O)(CC)CC)C2(C)C)C[C@@H](O)C[C@@H]1O. The van der Waals surface area contributed by atoms with E-state index >= 15 is 0 Å². The maximum Gasteiger partial charge on any atom is 0.0811 e. The van der Waals surface area contributed by atoms with Crippen molar-refractivity contribution in [2.45, 2.75) is 117 Å². The quantitative estimate of drug-likeness (QED) is 0.424. The van der Waals surface area contributed by atoms with Crippen molar-refractivity contribution in [3.05, 3.63) is 36.0 Å². The van der Waals surface area contributed by atoms with Gasteiger partial charge in [0.25, 0.3) is 0 Å². The first kappa shape index (κ1) is 25.4. The Hall–Kier alpha value is -0.900. The number of rotatable bonds is 9. The minimum absolute atomic E-state index is 0.265. The van der Waals surface area contributed by atoms with Gasteiger partial charge in [0.05, 0.1) is 17.8 Å². The van der Waals surface area contributed by atoms with Crippen molar-refractivity contribution in [2.24, 2.45) is 16.7 Å². The minimum atomic E-state index is -0.626. The highest BCUT2D eigenvalue weighted by Crippen LogP contribution is 2.59. The summed E-state index contributed by atoms with van der Waals surface area (Å²) in [6, 6.07) is 0. The molecule has 2 aliphatic rings. The normalized spacial score (nSPS) is 33.7. The summed E-state index contributed by atoms with van der Waals surface area (Å²) in [7, 11) is 0. The molecule has 0 aliphatic heterocycles. The second-order valence-corrected chi connectivity index (χ2v) is 10.8. The van der Waals surface area contributed by atoms with Gasteiger partial charge in [0.15, 0.2) is 0 Å². The Morgan fingerprint density at radius 2 is 1.83 bits per heavy atom. The van der Waals surface area contributed by atoms with Gasteiger partial charge in [0.1, 0.15) is 0 Å². The summed E-state index contributed by atoms with van der Waals surface area (Å²) in [5, 5.41) is 30.5. The zero-order valence-corrected chi connectivity index (χ0v) is 20.1. The van der Waals surface area contributed by atoms with Crippen molar-refractivity contribution < 1.29 is 15.3 Å². The number of aliphatic hydroxyl groups is 3. The van der Waals surface area contributed by atoms with E-state index in [1.54, 1.807) is 0 Å². The molecule has 2 fully saturated rings. The Balaban J connectivity index is 1.94. The molecule has 2 rings (SSSR count). The van der Waals surface area contributed by atoms with Crippen LogP contribution in [0.5, 0.6) is 0 Å². The van der Waals surface area contributed by atoms with Crippen molar-refractivity contribution in [1.82, 2.24) is 0 Å². The molecule has 0 spiro atoms. The third-order valence-electron chi connectivity index (χ3n) is 8.90. The first-order valence-corrected chi connectivity index (χ1v) is 12.1. The first-order valence-electron chi connectivity index (χ1n) is 12.1. The largest absolute Gasteiger partial charge is 0.393 e. The highest BCUT2D eigenvalue weighted by atomic mass is 16.3. The monoisotopic (exact) mass is 418 g/mol. The molecule has 0 aromatic heterocycles. The zero-order valence-electron chi connectivity index (χ0n) is 20.1. The predicted molar refractivity (Wildman–Crippen MR) is 126 cm³/mol. The van der Waals surface area contributed by atoms with Crippen molar-refractivity contribution in [3.8, 4) is 0 Å². The smallest absolute Gasteiger partial charge is 0.0811 e. The molecule has 3 nitrogen and oxygen atoms in total. The molecule has 0 bridgehead atoms. The molecular formula is C27H46O3. The molecule has 2 aliphatic carbocycles. The van der Waals surface area contributed by atoms with Gasteiger partial charge in [0, 0.05) is 6.42 Å². The molecule has 2 saturated carbocycles. The molecule has 0 aromatic carbocycles. The fourth-order valence-electron chi connectivity index (χ4n) is 5.59. The average molecular weight is 419 g/mol. The van der Waals surface area contributed by atoms with Crippen LogP contribution in [0.1, 0.15) is 98.8 Å². The zero-order chi connectivity index (χ0) is 22.6. The molecule has 4 atom stereocenters. The lowest BCUT2D eigenvalue weighted by Crippen LogP contribution is -2.34. The highest BCUT2D eigenvalue weighted by molar-refractivity contribution is 5.37. The molecule has 0 saturated heterocycles. The lowest BCUT2D eigenvalue weighted by Gasteiger charge is -2.42. The summed E-state index contributed by atoms with van der Waals surface area (Å²) in [5.74, 6) is 0.704. The lowest BCUT2D eigenvalue weighted by atomic mass is 9.63. The lowest BCUT2D eigenvalue weighted by molar-refractivity contribution is 0.0166. The average Bonchev–Trinajstić information content (AvgIpc) is 2.92. The van der Waals surface area contributed by atoms with Crippen LogP contribution in [0, 0.1) is 16.7 Å². The van der Waals surface area contributed by atoms with Crippen LogP contribution in [-0.2, 0) is 0 Å². The van der Waals surface area contributed by atoms with Crippen LogP contribution in [0.25, 0.3) is 0 Å². The van der Waals surface area contributed by atoms with Gasteiger partial charge in [-0.05, 0) is 79.3 Å². The Bertz CT molecular complexity index is 640. The van der Waals surface area contributed by atoms with E-state index in [1.165, 1.54) is 19.3 Å². The van der Waals surface area contributed by atoms with Crippen molar-refractivity contribution in [2.75, 3.05) is 0 Å². The standard InChI is InChI=1S/C27H46O3/c1-7-27(30,8-2)16-11-13-22-14-17-26(6,25(22,4)5)15-10-9-12-21-18-23(28)19-24(29)20(21)3/h9-10,12,22-24,28-30H,3,7-8,11,13-19H2,1-2,4-6H3/b10-9+,21-12-/t22-,23+,24-,26?/m0/s1. The van der Waals surface area contributed by atoms with Crippen LogP contribution < -0.4 is 0 Å². The van der Waals surface area contributed by atoms with E-state index in [2.05, 4.69) is 53.3 Å². The molecular weight excluding hydrogens is 372 g/mol. The Labute approximate surface area is 185 Å². The van der Waals surface area contributed by atoms with E-state index in [9.17, 15) is 15.3 Å². The Morgan fingerprint density at radius 1 is 1.17 bits per heavy atom. The van der Waals surface area contributed by atoms with E-state index in [0.717, 1.165) is 43.3 Å². The summed E-state index contributed by atoms with van der Waals surface area (Å²) in [6.45, 7) is 15.4. The van der Waals surface area contributed by atoms with Crippen LogP contribution in [0.4, 0.5) is 0 Å². The van der Waals surface area contributed by atoms with E-state index < -0.39 is 17.8 Å². The van der Waals surface area contributed by atoms with Crippen LogP contribution in [0.2, 0.25) is 0 Å². The van der Waals surface area contributed by atoms with Crippen molar-refractivity contribution in [3.63, 3.8) is 0 Å². The van der Waals surface area contributed by atoms with Crippen LogP contribution in [-0.4, -0.2) is 33.1 Å². The van der Waals surface area contributed by atoms with E-state index in [4.69, 9.17) is 0 Å². The van der Waals surface area contributed by atoms with Crippen molar-refractivity contribution in [1.29, 1.82) is 0 Å². The van der Waals surface area contributed by atoms with Crippen LogP contribution in [0.3, 0.4) is 0 Å². The molecule has 3 N–H and O–H groups in total. The molecule has 1 unspecified atom stereocenters. The molecule has 0 aromatic rings. The van der Waals surface area contributed by atoms with Gasteiger partial charge in [-0.1, -0.05) is 65.8 Å². The molecule has 0 heterocycles. The van der Waals surface area contributed by atoms with Gasteiger partial charge in [-0.25, -0.2) is 0 Å². The summed E-state index contributed by atoms with van der Waals surface area (Å²) < 4.78 is 0. The van der Waals surface area contributed by atoms with Crippen molar-refractivity contribution >= 4 is 0 Å². The molecule has 0 radical (unpaired) electrons. The summed E-state index contributed by atoms with van der Waals surface area (Å²) in [4.78, 5) is 0. The second-order valence-electron chi connectivity index (χ2n) is 10.8. The molecule has 0 amide bonds. The summed E-state index contributed by atoms with van der Waals surface area (Å²) in [5.41, 5.74) is 1.76. The van der Waals surface area contributed by atoms with Gasteiger partial charge in [-0.3, -0.25) is 0 Å². The Kier molecular flexibility index (Phi) is 8.58. The fourth-order valence-corrected chi connectivity index (χ4v) is 5.59. The third kappa shape index (κ3) is 5.66. The van der Waals surface area contributed by atoms with E-state index in [-0.39, 0.29) is 10.8 Å². The van der Waals surface area contributed by atoms with Gasteiger partial charge in [-0.15, -0.1) is 0 Å². The maximum absolute atomic E-state index is 10.6.